The second-order valence-electron chi connectivity index (χ2n) is 23.6. The number of piperidine rings is 4. The van der Waals surface area contributed by atoms with Crippen molar-refractivity contribution in [1.29, 1.82) is 0 Å². The maximum Gasteiger partial charge on any atom is 0.252 e. The number of likely N-dealkylation sites (tertiary alicyclic amines) is 3. The summed E-state index contributed by atoms with van der Waals surface area (Å²) in [5.41, 5.74) is 26.3. The van der Waals surface area contributed by atoms with E-state index in [1.807, 2.05) is 73.1 Å². The van der Waals surface area contributed by atoms with Crippen LogP contribution in [0.15, 0.2) is 129 Å². The molecule has 3 atom stereocenters. The van der Waals surface area contributed by atoms with Crippen LogP contribution in [0, 0.1) is 13.8 Å². The molecular weight excluding hydrogens is 1140 g/mol. The van der Waals surface area contributed by atoms with Crippen LogP contribution in [0.4, 0.5) is 11.5 Å². The Kier molecular flexibility index (Phi) is 20.0. The lowest BCUT2D eigenvalue weighted by atomic mass is 10.1. The van der Waals surface area contributed by atoms with Crippen molar-refractivity contribution >= 4 is 46.9 Å². The average Bonchev–Trinajstić information content (AvgIpc) is 1.73. The third-order valence-electron chi connectivity index (χ3n) is 17.5. The number of carbonyl (C=O) groups is 6. The van der Waals surface area contributed by atoms with Crippen LogP contribution in [0.1, 0.15) is 131 Å². The highest BCUT2D eigenvalue weighted by molar-refractivity contribution is 6.00. The summed E-state index contributed by atoms with van der Waals surface area (Å²) in [6, 6.07) is 21.8. The van der Waals surface area contributed by atoms with E-state index in [0.717, 1.165) is 111 Å². The van der Waals surface area contributed by atoms with Gasteiger partial charge in [0.15, 0.2) is 0 Å². The Labute approximate surface area is 524 Å². The first-order valence-corrected chi connectivity index (χ1v) is 31.1. The molecule has 0 saturated carbocycles. The van der Waals surface area contributed by atoms with Gasteiger partial charge in [0.1, 0.15) is 22.9 Å². The van der Waals surface area contributed by atoms with Crippen LogP contribution in [0.25, 0.3) is 39.5 Å². The summed E-state index contributed by atoms with van der Waals surface area (Å²) < 4.78 is 7.22. The lowest BCUT2D eigenvalue weighted by Crippen LogP contribution is -2.40. The molecule has 23 heteroatoms. The summed E-state index contributed by atoms with van der Waals surface area (Å²) >= 11 is 0. The number of anilines is 2. The Bertz CT molecular complexity index is 3750. The highest BCUT2D eigenvalue weighted by Crippen LogP contribution is 2.33. The number of amides is 6. The molecule has 2 aromatic carbocycles. The molecule has 0 aliphatic carbocycles. The summed E-state index contributed by atoms with van der Waals surface area (Å²) in [6.07, 6.45) is 22.2. The molecule has 6 amide bonds. The predicted octanol–water partition coefficient (Wildman–Crippen LogP) is 7.78. The molecular formula is C67H81N17O6. The van der Waals surface area contributed by atoms with E-state index >= 15 is 0 Å². The number of aryl methyl sites for hydroxylation is 2. The quantitative estimate of drug-likeness (QED) is 0.0828. The fourth-order valence-electron chi connectivity index (χ4n) is 12.7. The summed E-state index contributed by atoms with van der Waals surface area (Å²) in [5.74, 6) is -0.847. The minimum Gasteiger partial charge on any atom is -0.372 e. The van der Waals surface area contributed by atoms with Gasteiger partial charge in [-0.2, -0.15) is 20.4 Å². The summed E-state index contributed by atoms with van der Waals surface area (Å²) in [6.45, 7) is 22.6. The van der Waals surface area contributed by atoms with Crippen LogP contribution in [-0.4, -0.2) is 160 Å². The molecule has 0 spiro atoms. The average molecular weight is 1220 g/mol. The zero-order valence-corrected chi connectivity index (χ0v) is 51.5. The zero-order chi connectivity index (χ0) is 63.6. The van der Waals surface area contributed by atoms with Gasteiger partial charge in [0.2, 0.25) is 17.7 Å². The van der Waals surface area contributed by atoms with Crippen molar-refractivity contribution in [3.63, 3.8) is 0 Å². The van der Waals surface area contributed by atoms with Crippen molar-refractivity contribution in [1.82, 2.24) is 58.8 Å². The molecule has 5 saturated heterocycles. The SMILES string of the molecule is C=CC(=O)N1CCC[C@@H](n2cc(C(N)=O)c(-c3ccc(-n4nc(C)cc4C)cc3)n2)C1.C=CC(=O)N1CCC[C@@H](n2cc(C(N)=O)c(-c3ccc(N4CCCC4)cc3)n2)C1.C=CC(=O)N1CCC[C@@H](n2cc(C(N)=O)c(-c3ccc(N4CCCCC4)nc3)n2)C1. The van der Waals surface area contributed by atoms with E-state index in [9.17, 15) is 28.8 Å². The molecule has 90 heavy (non-hydrogen) atoms. The highest BCUT2D eigenvalue weighted by Gasteiger charge is 2.30. The van der Waals surface area contributed by atoms with Gasteiger partial charge >= 0.3 is 0 Å². The summed E-state index contributed by atoms with van der Waals surface area (Å²) in [7, 11) is 0. The molecule has 6 N–H and O–H groups in total. The van der Waals surface area contributed by atoms with Gasteiger partial charge in [-0.1, -0.05) is 44.0 Å². The maximum atomic E-state index is 12.1. The number of nitrogens with two attached hydrogens (primary N) is 3. The molecule has 10 heterocycles. The van der Waals surface area contributed by atoms with E-state index in [4.69, 9.17) is 27.4 Å². The van der Waals surface area contributed by atoms with E-state index in [0.29, 0.717) is 66.5 Å². The van der Waals surface area contributed by atoms with Crippen molar-refractivity contribution in [2.45, 2.75) is 103 Å². The Hall–Kier alpha value is -9.93. The molecule has 5 aliphatic heterocycles. The molecule has 5 aromatic heterocycles. The number of benzene rings is 2. The van der Waals surface area contributed by atoms with Gasteiger partial charge in [0.25, 0.3) is 17.7 Å². The van der Waals surface area contributed by atoms with Gasteiger partial charge in [0, 0.05) is 118 Å². The normalized spacial score (nSPS) is 18.4. The van der Waals surface area contributed by atoms with Crippen molar-refractivity contribution in [3.8, 4) is 39.5 Å². The van der Waals surface area contributed by atoms with Crippen molar-refractivity contribution in [3.05, 3.63) is 158 Å². The lowest BCUT2D eigenvalue weighted by molar-refractivity contribution is -0.128. The standard InChI is InChI=1S/C23H26N6O2.C22H28N6O2.C22H27N5O2/c1-4-21(30)27-11-5-6-19(13-27)28-14-20(23(24)31)22(26-28)17-7-9-18(10-8-17)29-16(3)12-15(2)25-29;1-2-20(29)27-12-6-7-17(14-27)28-15-18(22(23)30)21(25-28)16-8-9-19(24-13-16)26-10-4-3-5-11-26;1-2-20(28)26-13-5-6-18(14-26)27-15-19(22(23)29)21(24-27)16-7-9-17(10-8-16)25-11-3-4-12-25/h4,7-10,12,14,19H,1,5-6,11,13H2,2-3H3,(H2,24,31);2,8-9,13,15,17H,1,3-7,10-12,14H2,(H2,23,30);2,7-10,15,18H,1,3-6,11-14H2,(H2,23,29)/t19-;17-;18-/m111/s1. The third-order valence-corrected chi connectivity index (χ3v) is 17.5. The van der Waals surface area contributed by atoms with Crippen molar-refractivity contribution in [2.24, 2.45) is 17.2 Å². The summed E-state index contributed by atoms with van der Waals surface area (Å²) in [4.78, 5) is 86.8. The van der Waals surface area contributed by atoms with Crippen molar-refractivity contribution < 1.29 is 28.8 Å². The number of pyridine rings is 1. The van der Waals surface area contributed by atoms with Crippen LogP contribution in [0.3, 0.4) is 0 Å². The minimum absolute atomic E-state index is 0.00455. The van der Waals surface area contributed by atoms with Gasteiger partial charge in [-0.25, -0.2) is 9.67 Å². The number of primary amides is 3. The molecule has 5 aliphatic rings. The van der Waals surface area contributed by atoms with E-state index in [-0.39, 0.29) is 35.8 Å². The predicted molar refractivity (Wildman–Crippen MR) is 346 cm³/mol. The van der Waals surface area contributed by atoms with E-state index in [2.05, 4.69) is 56.9 Å². The maximum absolute atomic E-state index is 12.1. The van der Waals surface area contributed by atoms with Crippen LogP contribution in [0.5, 0.6) is 0 Å². The van der Waals surface area contributed by atoms with Gasteiger partial charge in [-0.05, 0) is 145 Å². The highest BCUT2D eigenvalue weighted by atomic mass is 16.2. The second-order valence-corrected chi connectivity index (χ2v) is 23.6. The number of hydrogen-bond acceptors (Lipinski definition) is 13. The second kappa shape index (κ2) is 28.5. The van der Waals surface area contributed by atoms with Gasteiger partial charge in [0.05, 0.1) is 46.2 Å². The molecule has 0 radical (unpaired) electrons. The number of carbonyl (C=O) groups excluding carboxylic acids is 6. The fourth-order valence-corrected chi connectivity index (χ4v) is 12.7. The van der Waals surface area contributed by atoms with Gasteiger partial charge < -0.3 is 41.7 Å². The first-order chi connectivity index (χ1) is 43.5. The fraction of sp³-hybridized carbons (Fsp3) is 0.388. The third kappa shape index (κ3) is 14.5. The van der Waals surface area contributed by atoms with E-state index < -0.39 is 17.7 Å². The Balaban J connectivity index is 0.000000149. The van der Waals surface area contributed by atoms with E-state index in [1.54, 1.807) is 53.5 Å². The molecule has 12 rings (SSSR count). The minimum atomic E-state index is -0.529. The summed E-state index contributed by atoms with van der Waals surface area (Å²) in [5, 5.41) is 18.6. The number of aromatic nitrogens is 9. The molecule has 7 aromatic rings. The largest absolute Gasteiger partial charge is 0.372 e. The Morgan fingerprint density at radius 1 is 0.456 bits per heavy atom. The first-order valence-electron chi connectivity index (χ1n) is 31.1. The van der Waals surface area contributed by atoms with Gasteiger partial charge in [-0.15, -0.1) is 0 Å². The monoisotopic (exact) mass is 1220 g/mol. The Morgan fingerprint density at radius 2 is 0.833 bits per heavy atom. The van der Waals surface area contributed by atoms with Crippen LogP contribution >= 0.6 is 0 Å². The van der Waals surface area contributed by atoms with Crippen molar-refractivity contribution in [2.75, 3.05) is 75.2 Å². The van der Waals surface area contributed by atoms with Crippen LogP contribution in [-0.2, 0) is 14.4 Å². The topological polar surface area (TPSA) is 281 Å². The van der Waals surface area contributed by atoms with E-state index in [1.165, 1.54) is 56.0 Å². The molecule has 0 bridgehead atoms. The zero-order valence-electron chi connectivity index (χ0n) is 51.5. The lowest BCUT2D eigenvalue weighted by Gasteiger charge is -2.32. The first kappa shape index (κ1) is 63.1. The molecule has 23 nitrogen and oxygen atoms in total. The van der Waals surface area contributed by atoms with Gasteiger partial charge in [-0.3, -0.25) is 42.8 Å². The Morgan fingerprint density at radius 3 is 1.20 bits per heavy atom. The molecule has 5 fully saturated rings. The number of hydrogen-bond donors (Lipinski definition) is 3. The molecule has 0 unspecified atom stereocenters. The smallest absolute Gasteiger partial charge is 0.252 e. The van der Waals surface area contributed by atoms with Crippen LogP contribution < -0.4 is 27.0 Å². The molecule has 470 valence electrons. The number of rotatable bonds is 15. The van der Waals surface area contributed by atoms with Crippen LogP contribution in [0.2, 0.25) is 0 Å². The number of nitrogens with zero attached hydrogens (tertiary/aromatic N) is 14.